The molecule has 3 aromatic rings. The Morgan fingerprint density at radius 2 is 0.933 bits per heavy atom. The molecule has 3 aromatic carbocycles. The second-order valence-corrected chi connectivity index (χ2v) is 6.97. The average molecular weight is 408 g/mol. The lowest BCUT2D eigenvalue weighted by atomic mass is 10.1. The van der Waals surface area contributed by atoms with E-state index in [9.17, 15) is 20.2 Å². The Labute approximate surface area is 173 Å². The van der Waals surface area contributed by atoms with Crippen LogP contribution in [0.4, 0.5) is 11.4 Å². The number of ether oxygens (including phenoxy) is 2. The van der Waals surface area contributed by atoms with Crippen LogP contribution in [0.3, 0.4) is 0 Å². The zero-order chi connectivity index (χ0) is 22.0. The van der Waals surface area contributed by atoms with Gasteiger partial charge in [0.05, 0.1) is 22.0 Å². The molecule has 0 aliphatic carbocycles. The Balaban J connectivity index is 2.03. The Bertz CT molecular complexity index is 1070. The molecule has 154 valence electrons. The fourth-order valence-electron chi connectivity index (χ4n) is 2.95. The zero-order valence-electron chi connectivity index (χ0n) is 17.0. The molecular weight excluding hydrogens is 388 g/mol. The topological polar surface area (TPSA) is 105 Å². The summed E-state index contributed by atoms with van der Waals surface area (Å²) in [7, 11) is 0. The van der Waals surface area contributed by atoms with Crippen LogP contribution in [0.5, 0.6) is 23.0 Å². The summed E-state index contributed by atoms with van der Waals surface area (Å²) >= 11 is 0. The van der Waals surface area contributed by atoms with Crippen molar-refractivity contribution < 1.29 is 19.3 Å². The molecule has 0 saturated heterocycles. The lowest BCUT2D eigenvalue weighted by Gasteiger charge is -2.17. The summed E-state index contributed by atoms with van der Waals surface area (Å²) in [5.41, 5.74) is 2.46. The SMILES string of the molecule is Cc1ccc(Oc2c(C)ccc(C)c2Oc2ccc(C)c([N+](=O)[O-])c2)cc1[N+](=O)[O-]. The van der Waals surface area contributed by atoms with Gasteiger partial charge in [0.2, 0.25) is 0 Å². The highest BCUT2D eigenvalue weighted by Gasteiger charge is 2.19. The van der Waals surface area contributed by atoms with Crippen LogP contribution < -0.4 is 9.47 Å². The number of hydrogen-bond donors (Lipinski definition) is 0. The molecule has 0 spiro atoms. The van der Waals surface area contributed by atoms with Crippen LogP contribution >= 0.6 is 0 Å². The van der Waals surface area contributed by atoms with Crippen molar-refractivity contribution in [3.8, 4) is 23.0 Å². The molecule has 8 heteroatoms. The van der Waals surface area contributed by atoms with Gasteiger partial charge in [-0.3, -0.25) is 20.2 Å². The predicted molar refractivity (Wildman–Crippen MR) is 112 cm³/mol. The quantitative estimate of drug-likeness (QED) is 0.349. The van der Waals surface area contributed by atoms with E-state index in [0.717, 1.165) is 11.1 Å². The summed E-state index contributed by atoms with van der Waals surface area (Å²) in [6, 6.07) is 12.9. The molecule has 0 amide bonds. The van der Waals surface area contributed by atoms with Crippen molar-refractivity contribution in [2.75, 3.05) is 0 Å². The number of benzene rings is 3. The molecule has 0 saturated carbocycles. The Hall–Kier alpha value is -3.94. The third kappa shape index (κ3) is 4.22. The van der Waals surface area contributed by atoms with E-state index in [1.54, 1.807) is 38.1 Å². The Kier molecular flexibility index (Phi) is 5.68. The van der Waals surface area contributed by atoms with E-state index >= 15 is 0 Å². The molecular formula is C22H20N2O6. The van der Waals surface area contributed by atoms with Gasteiger partial charge in [-0.15, -0.1) is 0 Å². The van der Waals surface area contributed by atoms with Gasteiger partial charge in [-0.05, 0) is 63.1 Å². The summed E-state index contributed by atoms with van der Waals surface area (Å²) in [6.07, 6.45) is 0. The minimum absolute atomic E-state index is 0.0468. The summed E-state index contributed by atoms with van der Waals surface area (Å²) in [4.78, 5) is 21.6. The van der Waals surface area contributed by atoms with Gasteiger partial charge in [0.1, 0.15) is 11.5 Å². The molecule has 0 N–H and O–H groups in total. The van der Waals surface area contributed by atoms with Crippen LogP contribution in [0, 0.1) is 47.9 Å². The maximum absolute atomic E-state index is 11.2. The molecule has 0 unspecified atom stereocenters. The molecule has 0 heterocycles. The van der Waals surface area contributed by atoms with E-state index in [1.807, 2.05) is 26.0 Å². The fourth-order valence-corrected chi connectivity index (χ4v) is 2.95. The third-order valence-corrected chi connectivity index (χ3v) is 4.70. The van der Waals surface area contributed by atoms with Crippen LogP contribution in [-0.4, -0.2) is 9.85 Å². The number of nitro benzene ring substituents is 2. The van der Waals surface area contributed by atoms with Crippen molar-refractivity contribution in [1.29, 1.82) is 0 Å². The summed E-state index contributed by atoms with van der Waals surface area (Å²) in [6.45, 7) is 6.95. The second kappa shape index (κ2) is 8.20. The first-order valence-corrected chi connectivity index (χ1v) is 9.13. The average Bonchev–Trinajstić information content (AvgIpc) is 2.69. The van der Waals surface area contributed by atoms with Crippen molar-refractivity contribution in [1.82, 2.24) is 0 Å². The largest absolute Gasteiger partial charge is 0.453 e. The summed E-state index contributed by atoms with van der Waals surface area (Å²) in [5, 5.41) is 22.5. The molecule has 0 fully saturated rings. The molecule has 0 aliphatic rings. The Morgan fingerprint density at radius 3 is 1.27 bits per heavy atom. The maximum atomic E-state index is 11.2. The van der Waals surface area contributed by atoms with Crippen molar-refractivity contribution in [2.24, 2.45) is 0 Å². The van der Waals surface area contributed by atoms with Crippen LogP contribution in [0.25, 0.3) is 0 Å². The van der Waals surface area contributed by atoms with Crippen molar-refractivity contribution in [3.05, 3.63) is 91.0 Å². The molecule has 0 radical (unpaired) electrons. The van der Waals surface area contributed by atoms with Gasteiger partial charge in [-0.1, -0.05) is 12.1 Å². The number of nitro groups is 2. The number of hydrogen-bond acceptors (Lipinski definition) is 6. The maximum Gasteiger partial charge on any atom is 0.276 e. The third-order valence-electron chi connectivity index (χ3n) is 4.70. The standard InChI is InChI=1S/C22H20N2O6/c1-13-7-9-17(11-19(13)23(25)26)29-21-15(3)5-6-16(4)22(21)30-18-10-8-14(2)20(12-18)24(27)28/h5-12H,1-4H3. The van der Waals surface area contributed by atoms with Crippen LogP contribution in [0.1, 0.15) is 22.3 Å². The lowest BCUT2D eigenvalue weighted by molar-refractivity contribution is -0.385. The smallest absolute Gasteiger partial charge is 0.276 e. The predicted octanol–water partition coefficient (Wildman–Crippen LogP) is 6.32. The van der Waals surface area contributed by atoms with Gasteiger partial charge in [0.25, 0.3) is 11.4 Å². The molecule has 3 rings (SSSR count). The van der Waals surface area contributed by atoms with Gasteiger partial charge in [0.15, 0.2) is 11.5 Å². The van der Waals surface area contributed by atoms with Gasteiger partial charge in [-0.2, -0.15) is 0 Å². The van der Waals surface area contributed by atoms with Gasteiger partial charge < -0.3 is 9.47 Å². The van der Waals surface area contributed by atoms with Crippen molar-refractivity contribution in [2.45, 2.75) is 27.7 Å². The van der Waals surface area contributed by atoms with E-state index in [0.29, 0.717) is 34.1 Å². The van der Waals surface area contributed by atoms with E-state index in [2.05, 4.69) is 0 Å². The number of rotatable bonds is 6. The van der Waals surface area contributed by atoms with E-state index < -0.39 is 9.85 Å². The normalized spacial score (nSPS) is 10.5. The van der Waals surface area contributed by atoms with Crippen LogP contribution in [0.2, 0.25) is 0 Å². The molecule has 0 aromatic heterocycles. The van der Waals surface area contributed by atoms with Crippen molar-refractivity contribution >= 4 is 11.4 Å². The number of aryl methyl sites for hydroxylation is 4. The zero-order valence-corrected chi connectivity index (χ0v) is 17.0. The second-order valence-electron chi connectivity index (χ2n) is 6.97. The first-order valence-electron chi connectivity index (χ1n) is 9.13. The molecule has 0 bridgehead atoms. The molecule has 0 aliphatic heterocycles. The lowest BCUT2D eigenvalue weighted by Crippen LogP contribution is -1.98. The minimum atomic E-state index is -0.464. The monoisotopic (exact) mass is 408 g/mol. The molecule has 0 atom stereocenters. The highest BCUT2D eigenvalue weighted by Crippen LogP contribution is 2.41. The number of nitrogens with zero attached hydrogens (tertiary/aromatic N) is 2. The summed E-state index contributed by atoms with van der Waals surface area (Å²) in [5.74, 6) is 1.36. The highest BCUT2D eigenvalue weighted by atomic mass is 16.6. The van der Waals surface area contributed by atoms with Crippen LogP contribution in [-0.2, 0) is 0 Å². The summed E-state index contributed by atoms with van der Waals surface area (Å²) < 4.78 is 12.0. The van der Waals surface area contributed by atoms with Crippen molar-refractivity contribution in [3.63, 3.8) is 0 Å². The van der Waals surface area contributed by atoms with E-state index in [1.165, 1.54) is 12.1 Å². The van der Waals surface area contributed by atoms with Gasteiger partial charge in [0, 0.05) is 11.1 Å². The molecule has 8 nitrogen and oxygen atoms in total. The highest BCUT2D eigenvalue weighted by molar-refractivity contribution is 5.56. The first-order chi connectivity index (χ1) is 14.2. The molecule has 30 heavy (non-hydrogen) atoms. The Morgan fingerprint density at radius 1 is 0.600 bits per heavy atom. The van der Waals surface area contributed by atoms with E-state index in [-0.39, 0.29) is 11.4 Å². The van der Waals surface area contributed by atoms with Gasteiger partial charge >= 0.3 is 0 Å². The first kappa shape index (κ1) is 20.8. The fraction of sp³-hybridized carbons (Fsp3) is 0.182. The van der Waals surface area contributed by atoms with E-state index in [4.69, 9.17) is 9.47 Å². The minimum Gasteiger partial charge on any atom is -0.453 e. The van der Waals surface area contributed by atoms with Gasteiger partial charge in [-0.25, -0.2) is 0 Å². The van der Waals surface area contributed by atoms with Crippen LogP contribution in [0.15, 0.2) is 48.5 Å².